The summed E-state index contributed by atoms with van der Waals surface area (Å²) in [6.45, 7) is 2.06. The Morgan fingerprint density at radius 1 is 1.23 bits per heavy atom. The molecule has 3 N–H and O–H groups in total. The molecule has 2 nitrogen and oxygen atoms in total. The topological polar surface area (TPSA) is 46.2 Å². The summed E-state index contributed by atoms with van der Waals surface area (Å²) in [4.78, 5) is 0. The molecule has 2 rings (SSSR count). The zero-order valence-corrected chi connectivity index (χ0v) is 8.45. The van der Waals surface area contributed by atoms with E-state index in [0.29, 0.717) is 5.92 Å². The van der Waals surface area contributed by atoms with Gasteiger partial charge in [0, 0.05) is 6.04 Å². The van der Waals surface area contributed by atoms with Crippen LogP contribution < -0.4 is 5.73 Å². The van der Waals surface area contributed by atoms with Crippen LogP contribution >= 0.6 is 0 Å². The van der Waals surface area contributed by atoms with E-state index in [2.05, 4.69) is 6.92 Å². The first kappa shape index (κ1) is 9.47. The first-order valence-corrected chi connectivity index (χ1v) is 5.67. The van der Waals surface area contributed by atoms with Gasteiger partial charge in [0.15, 0.2) is 0 Å². The second-order valence-corrected chi connectivity index (χ2v) is 4.81. The van der Waals surface area contributed by atoms with E-state index in [-0.39, 0.29) is 12.1 Å². The third kappa shape index (κ3) is 2.05. The molecular formula is C11H21NO. The first-order valence-electron chi connectivity index (χ1n) is 5.67. The number of hydrogen-bond donors (Lipinski definition) is 2. The molecule has 2 atom stereocenters. The zero-order chi connectivity index (χ0) is 9.42. The molecule has 2 fully saturated rings. The summed E-state index contributed by atoms with van der Waals surface area (Å²) in [5, 5.41) is 10.1. The fraction of sp³-hybridized carbons (Fsp3) is 1.00. The molecule has 0 spiro atoms. The summed E-state index contributed by atoms with van der Waals surface area (Å²) in [5.41, 5.74) is 5.90. The lowest BCUT2D eigenvalue weighted by atomic mass is 9.87. The Balaban J connectivity index is 1.92. The second-order valence-electron chi connectivity index (χ2n) is 4.81. The molecule has 0 bridgehead atoms. The molecular weight excluding hydrogens is 162 g/mol. The molecule has 13 heavy (non-hydrogen) atoms. The minimum Gasteiger partial charge on any atom is -0.391 e. The van der Waals surface area contributed by atoms with Crippen molar-refractivity contribution in [3.63, 3.8) is 0 Å². The van der Waals surface area contributed by atoms with Gasteiger partial charge in [0.1, 0.15) is 0 Å². The average Bonchev–Trinajstić information content (AvgIpc) is 2.95. The van der Waals surface area contributed by atoms with E-state index in [0.717, 1.165) is 18.3 Å². The molecule has 0 aromatic rings. The molecule has 0 aliphatic heterocycles. The Morgan fingerprint density at radius 2 is 1.69 bits per heavy atom. The third-order valence-corrected chi connectivity index (χ3v) is 3.64. The van der Waals surface area contributed by atoms with Crippen LogP contribution in [-0.4, -0.2) is 17.3 Å². The van der Waals surface area contributed by atoms with Crippen LogP contribution in [0.25, 0.3) is 0 Å². The van der Waals surface area contributed by atoms with Crippen molar-refractivity contribution in [3.8, 4) is 0 Å². The molecule has 2 aliphatic rings. The van der Waals surface area contributed by atoms with Crippen molar-refractivity contribution >= 4 is 0 Å². The van der Waals surface area contributed by atoms with Gasteiger partial charge in [-0.25, -0.2) is 0 Å². The van der Waals surface area contributed by atoms with E-state index in [1.807, 2.05) is 0 Å². The summed E-state index contributed by atoms with van der Waals surface area (Å²) in [7, 11) is 0. The van der Waals surface area contributed by atoms with Gasteiger partial charge >= 0.3 is 0 Å². The third-order valence-electron chi connectivity index (χ3n) is 3.64. The highest BCUT2D eigenvalue weighted by atomic mass is 16.3. The zero-order valence-electron chi connectivity index (χ0n) is 8.45. The van der Waals surface area contributed by atoms with E-state index in [9.17, 15) is 5.11 Å². The molecule has 0 radical (unpaired) electrons. The van der Waals surface area contributed by atoms with Crippen LogP contribution in [0.3, 0.4) is 0 Å². The number of aliphatic hydroxyl groups excluding tert-OH is 1. The summed E-state index contributed by atoms with van der Waals surface area (Å²) in [5.74, 6) is 2.15. The van der Waals surface area contributed by atoms with Gasteiger partial charge in [-0.05, 0) is 49.9 Å². The van der Waals surface area contributed by atoms with Gasteiger partial charge in [-0.2, -0.15) is 0 Å². The van der Waals surface area contributed by atoms with Crippen molar-refractivity contribution in [1.29, 1.82) is 0 Å². The quantitative estimate of drug-likeness (QED) is 0.679. The van der Waals surface area contributed by atoms with E-state index >= 15 is 0 Å². The van der Waals surface area contributed by atoms with E-state index in [1.165, 1.54) is 25.7 Å². The molecule has 2 saturated carbocycles. The highest BCUT2D eigenvalue weighted by Gasteiger charge is 2.46. The molecule has 0 aromatic heterocycles. The van der Waals surface area contributed by atoms with Crippen LogP contribution in [0.1, 0.15) is 39.0 Å². The maximum absolute atomic E-state index is 10.1. The number of hydrogen-bond acceptors (Lipinski definition) is 2. The Kier molecular flexibility index (Phi) is 2.61. The lowest BCUT2D eigenvalue weighted by Crippen LogP contribution is -2.41. The lowest BCUT2D eigenvalue weighted by molar-refractivity contribution is 0.0579. The van der Waals surface area contributed by atoms with Crippen molar-refractivity contribution in [3.05, 3.63) is 0 Å². The van der Waals surface area contributed by atoms with Gasteiger partial charge in [0.25, 0.3) is 0 Å². The van der Waals surface area contributed by atoms with Gasteiger partial charge in [-0.1, -0.05) is 6.92 Å². The molecule has 0 saturated heterocycles. The summed E-state index contributed by atoms with van der Waals surface area (Å²) < 4.78 is 0. The van der Waals surface area contributed by atoms with Crippen LogP contribution in [0.2, 0.25) is 0 Å². The predicted molar refractivity (Wildman–Crippen MR) is 53.2 cm³/mol. The average molecular weight is 183 g/mol. The van der Waals surface area contributed by atoms with Gasteiger partial charge < -0.3 is 10.8 Å². The van der Waals surface area contributed by atoms with Crippen LogP contribution in [0.4, 0.5) is 0 Å². The van der Waals surface area contributed by atoms with Crippen molar-refractivity contribution in [2.75, 3.05) is 0 Å². The number of rotatable bonds is 5. The maximum Gasteiger partial charge on any atom is 0.0724 e. The SMILES string of the molecule is CCC(N)C(O)C(C1CC1)C1CC1. The minimum absolute atomic E-state index is 0.00574. The van der Waals surface area contributed by atoms with E-state index in [1.54, 1.807) is 0 Å². The van der Waals surface area contributed by atoms with Crippen molar-refractivity contribution in [2.45, 2.75) is 51.2 Å². The van der Waals surface area contributed by atoms with Crippen molar-refractivity contribution < 1.29 is 5.11 Å². The molecule has 2 heteroatoms. The minimum atomic E-state index is -0.231. The molecule has 0 aromatic carbocycles. The summed E-state index contributed by atoms with van der Waals surface area (Å²) >= 11 is 0. The maximum atomic E-state index is 10.1. The van der Waals surface area contributed by atoms with Crippen molar-refractivity contribution in [2.24, 2.45) is 23.5 Å². The highest BCUT2D eigenvalue weighted by molar-refractivity contribution is 4.97. The van der Waals surface area contributed by atoms with E-state index in [4.69, 9.17) is 5.73 Å². The van der Waals surface area contributed by atoms with Crippen LogP contribution in [0, 0.1) is 17.8 Å². The monoisotopic (exact) mass is 183 g/mol. The van der Waals surface area contributed by atoms with Gasteiger partial charge in [-0.3, -0.25) is 0 Å². The Morgan fingerprint density at radius 3 is 2.00 bits per heavy atom. The Hall–Kier alpha value is -0.0800. The first-order chi connectivity index (χ1) is 6.24. The Bertz CT molecular complexity index is 163. The van der Waals surface area contributed by atoms with Crippen LogP contribution in [0.5, 0.6) is 0 Å². The summed E-state index contributed by atoms with van der Waals surface area (Å²) in [6, 6.07) is 0.00574. The second kappa shape index (κ2) is 3.58. The predicted octanol–water partition coefficient (Wildman–Crippen LogP) is 1.52. The standard InChI is InChI=1S/C11H21NO/c1-2-9(12)11(13)10(7-3-4-7)8-5-6-8/h7-11,13H,2-6,12H2,1H3. The van der Waals surface area contributed by atoms with Gasteiger partial charge in [0.05, 0.1) is 6.10 Å². The molecule has 76 valence electrons. The lowest BCUT2D eigenvalue weighted by Gasteiger charge is -2.27. The van der Waals surface area contributed by atoms with Crippen LogP contribution in [-0.2, 0) is 0 Å². The molecule has 0 amide bonds. The molecule has 0 heterocycles. The molecule has 2 aliphatic carbocycles. The van der Waals surface area contributed by atoms with E-state index < -0.39 is 0 Å². The smallest absolute Gasteiger partial charge is 0.0724 e. The highest BCUT2D eigenvalue weighted by Crippen LogP contribution is 2.51. The van der Waals surface area contributed by atoms with Gasteiger partial charge in [-0.15, -0.1) is 0 Å². The normalized spacial score (nSPS) is 27.7. The molecule has 2 unspecified atom stereocenters. The number of nitrogens with two attached hydrogens (primary N) is 1. The van der Waals surface area contributed by atoms with Crippen LogP contribution in [0.15, 0.2) is 0 Å². The largest absolute Gasteiger partial charge is 0.391 e. The van der Waals surface area contributed by atoms with Crippen molar-refractivity contribution in [1.82, 2.24) is 0 Å². The fourth-order valence-corrected chi connectivity index (χ4v) is 2.43. The fourth-order valence-electron chi connectivity index (χ4n) is 2.43. The Labute approximate surface area is 80.5 Å². The number of aliphatic hydroxyl groups is 1. The van der Waals surface area contributed by atoms with Gasteiger partial charge in [0.2, 0.25) is 0 Å². The summed E-state index contributed by atoms with van der Waals surface area (Å²) in [6.07, 6.45) is 5.98.